The number of hydrogen-bond donors (Lipinski definition) is 0. The molecule has 1 heterocycles. The standard InChI is InChI=1S/C24H16BrCl2NO4S/c1-31-20-11-15(10-19(25)22(20)32-13-14-2-4-16(26)5-3-14)12-21-23(29)28(24(30)33-21)18-8-6-17(27)7-9-18/h2-12H,13H2,1H3/b21-12+. The van der Waals surface area contributed by atoms with Crippen molar-refractivity contribution in [3.8, 4) is 11.5 Å². The fraction of sp³-hybridized carbons (Fsp3) is 0.0833. The minimum Gasteiger partial charge on any atom is -0.493 e. The second-order valence-corrected chi connectivity index (χ2v) is 9.66. The summed E-state index contributed by atoms with van der Waals surface area (Å²) in [6.07, 6.45) is 1.65. The number of thioether (sulfide) groups is 1. The average molecular weight is 565 g/mol. The molecule has 0 bridgehead atoms. The van der Waals surface area contributed by atoms with E-state index in [-0.39, 0.29) is 5.24 Å². The van der Waals surface area contributed by atoms with Crippen LogP contribution >= 0.6 is 50.9 Å². The Kier molecular flexibility index (Phi) is 7.34. The fourth-order valence-electron chi connectivity index (χ4n) is 3.13. The van der Waals surface area contributed by atoms with E-state index in [9.17, 15) is 9.59 Å². The molecule has 5 nitrogen and oxygen atoms in total. The minimum atomic E-state index is -0.398. The van der Waals surface area contributed by atoms with Gasteiger partial charge >= 0.3 is 0 Å². The van der Waals surface area contributed by atoms with Gasteiger partial charge in [-0.05, 0) is 93.4 Å². The van der Waals surface area contributed by atoms with Gasteiger partial charge in [0.1, 0.15) is 6.61 Å². The summed E-state index contributed by atoms with van der Waals surface area (Å²) in [6.45, 7) is 0.325. The lowest BCUT2D eigenvalue weighted by Crippen LogP contribution is -2.27. The lowest BCUT2D eigenvalue weighted by molar-refractivity contribution is -0.113. The van der Waals surface area contributed by atoms with Crippen molar-refractivity contribution in [2.75, 3.05) is 12.0 Å². The Labute approximate surface area is 213 Å². The summed E-state index contributed by atoms with van der Waals surface area (Å²) < 4.78 is 12.1. The van der Waals surface area contributed by atoms with E-state index in [0.717, 1.165) is 22.2 Å². The summed E-state index contributed by atoms with van der Waals surface area (Å²) in [4.78, 5) is 26.8. The summed E-state index contributed by atoms with van der Waals surface area (Å²) in [5.41, 5.74) is 2.10. The van der Waals surface area contributed by atoms with E-state index in [0.29, 0.717) is 48.8 Å². The molecule has 0 aliphatic carbocycles. The molecule has 0 atom stereocenters. The molecule has 168 valence electrons. The molecule has 0 radical (unpaired) electrons. The Hall–Kier alpha value is -2.45. The van der Waals surface area contributed by atoms with E-state index in [1.165, 1.54) is 7.11 Å². The third-order valence-electron chi connectivity index (χ3n) is 4.72. The van der Waals surface area contributed by atoms with Crippen molar-refractivity contribution in [2.45, 2.75) is 6.61 Å². The average Bonchev–Trinajstić information content (AvgIpc) is 3.07. The first kappa shape index (κ1) is 23.7. The van der Waals surface area contributed by atoms with Crippen LogP contribution in [0.3, 0.4) is 0 Å². The minimum absolute atomic E-state index is 0.304. The molecule has 9 heteroatoms. The number of rotatable bonds is 6. The highest BCUT2D eigenvalue weighted by molar-refractivity contribution is 9.10. The number of hydrogen-bond acceptors (Lipinski definition) is 5. The summed E-state index contributed by atoms with van der Waals surface area (Å²) in [5, 5.41) is 0.807. The molecule has 33 heavy (non-hydrogen) atoms. The number of ether oxygens (including phenoxy) is 2. The number of carbonyl (C=O) groups is 2. The predicted octanol–water partition coefficient (Wildman–Crippen LogP) is 7.58. The topological polar surface area (TPSA) is 55.8 Å². The smallest absolute Gasteiger partial charge is 0.298 e. The molecule has 0 spiro atoms. The van der Waals surface area contributed by atoms with Crippen LogP contribution < -0.4 is 14.4 Å². The molecule has 0 saturated carbocycles. The van der Waals surface area contributed by atoms with E-state index >= 15 is 0 Å². The van der Waals surface area contributed by atoms with E-state index in [1.807, 2.05) is 12.1 Å². The van der Waals surface area contributed by atoms with Crippen molar-refractivity contribution in [3.05, 3.63) is 91.2 Å². The van der Waals surface area contributed by atoms with Gasteiger partial charge in [-0.15, -0.1) is 0 Å². The number of methoxy groups -OCH3 is 1. The third-order valence-corrected chi connectivity index (χ3v) is 6.69. The predicted molar refractivity (Wildman–Crippen MR) is 136 cm³/mol. The van der Waals surface area contributed by atoms with Crippen LogP contribution in [0, 0.1) is 0 Å². The zero-order valence-electron chi connectivity index (χ0n) is 17.2. The highest BCUT2D eigenvalue weighted by Gasteiger charge is 2.36. The van der Waals surface area contributed by atoms with Crippen LogP contribution in [0.4, 0.5) is 10.5 Å². The lowest BCUT2D eigenvalue weighted by atomic mass is 10.1. The molecule has 1 saturated heterocycles. The number of imide groups is 1. The normalized spacial score (nSPS) is 14.8. The van der Waals surface area contributed by atoms with Crippen LogP contribution in [0.15, 0.2) is 70.0 Å². The largest absolute Gasteiger partial charge is 0.493 e. The number of halogens is 3. The quantitative estimate of drug-likeness (QED) is 0.289. The van der Waals surface area contributed by atoms with Gasteiger partial charge in [-0.3, -0.25) is 9.59 Å². The van der Waals surface area contributed by atoms with Crippen molar-refractivity contribution in [1.29, 1.82) is 0 Å². The summed E-state index contributed by atoms with van der Waals surface area (Å²) in [5.74, 6) is 0.617. The molecule has 3 aromatic rings. The number of carbonyl (C=O) groups excluding carboxylic acids is 2. The maximum absolute atomic E-state index is 12.9. The molecular weight excluding hydrogens is 549 g/mol. The summed E-state index contributed by atoms with van der Waals surface area (Å²) in [7, 11) is 1.54. The van der Waals surface area contributed by atoms with Gasteiger partial charge in [0.25, 0.3) is 11.1 Å². The van der Waals surface area contributed by atoms with E-state index in [1.54, 1.807) is 54.6 Å². The molecule has 4 rings (SSSR count). The van der Waals surface area contributed by atoms with Gasteiger partial charge < -0.3 is 9.47 Å². The zero-order chi connectivity index (χ0) is 23.5. The Balaban J connectivity index is 1.57. The van der Waals surface area contributed by atoms with Crippen LogP contribution in [0.25, 0.3) is 6.08 Å². The van der Waals surface area contributed by atoms with Gasteiger partial charge in [-0.25, -0.2) is 4.90 Å². The second kappa shape index (κ2) is 10.2. The fourth-order valence-corrected chi connectivity index (χ4v) is 4.80. The molecule has 1 fully saturated rings. The van der Waals surface area contributed by atoms with Crippen LogP contribution in [0.2, 0.25) is 10.0 Å². The van der Waals surface area contributed by atoms with Crippen molar-refractivity contribution in [2.24, 2.45) is 0 Å². The van der Waals surface area contributed by atoms with Gasteiger partial charge in [0.2, 0.25) is 0 Å². The monoisotopic (exact) mass is 563 g/mol. The summed E-state index contributed by atoms with van der Waals surface area (Å²) in [6, 6.07) is 17.4. The highest BCUT2D eigenvalue weighted by Crippen LogP contribution is 2.40. The first-order valence-corrected chi connectivity index (χ1v) is 12.0. The molecule has 1 aliphatic heterocycles. The first-order chi connectivity index (χ1) is 15.9. The van der Waals surface area contributed by atoms with Crippen molar-refractivity contribution < 1.29 is 19.1 Å². The Morgan fingerprint density at radius 3 is 2.27 bits per heavy atom. The molecule has 0 aromatic heterocycles. The van der Waals surface area contributed by atoms with Gasteiger partial charge in [-0.2, -0.15) is 0 Å². The van der Waals surface area contributed by atoms with E-state index < -0.39 is 5.91 Å². The van der Waals surface area contributed by atoms with Crippen LogP contribution in [0.5, 0.6) is 11.5 Å². The molecule has 3 aromatic carbocycles. The Morgan fingerprint density at radius 2 is 1.64 bits per heavy atom. The third kappa shape index (κ3) is 5.38. The first-order valence-electron chi connectivity index (χ1n) is 9.64. The van der Waals surface area contributed by atoms with Gasteiger partial charge in [0, 0.05) is 10.0 Å². The number of anilines is 1. The molecule has 2 amide bonds. The number of benzene rings is 3. The second-order valence-electron chi connectivity index (χ2n) is 6.94. The van der Waals surface area contributed by atoms with E-state index in [4.69, 9.17) is 32.7 Å². The Morgan fingerprint density at radius 1 is 1.00 bits per heavy atom. The van der Waals surface area contributed by atoms with Crippen LogP contribution in [0.1, 0.15) is 11.1 Å². The molecule has 0 unspecified atom stereocenters. The van der Waals surface area contributed by atoms with Gasteiger partial charge in [0.15, 0.2) is 11.5 Å². The summed E-state index contributed by atoms with van der Waals surface area (Å²) >= 11 is 16.2. The lowest BCUT2D eigenvalue weighted by Gasteiger charge is -2.14. The molecule has 1 aliphatic rings. The SMILES string of the molecule is COc1cc(/C=C2/SC(=O)N(c3ccc(Cl)cc3)C2=O)cc(Br)c1OCc1ccc(Cl)cc1. The maximum atomic E-state index is 12.9. The zero-order valence-corrected chi connectivity index (χ0v) is 21.1. The number of nitrogens with zero attached hydrogens (tertiary/aromatic N) is 1. The Bertz CT molecular complexity index is 1250. The van der Waals surface area contributed by atoms with Crippen molar-refractivity contribution in [1.82, 2.24) is 0 Å². The number of amides is 2. The van der Waals surface area contributed by atoms with Gasteiger partial charge in [-0.1, -0.05) is 35.3 Å². The molecular formula is C24H16BrCl2NO4S. The van der Waals surface area contributed by atoms with Crippen LogP contribution in [-0.2, 0) is 11.4 Å². The van der Waals surface area contributed by atoms with Crippen molar-refractivity contribution in [3.63, 3.8) is 0 Å². The van der Waals surface area contributed by atoms with Crippen LogP contribution in [-0.4, -0.2) is 18.3 Å². The van der Waals surface area contributed by atoms with E-state index in [2.05, 4.69) is 15.9 Å². The molecule has 0 N–H and O–H groups in total. The highest BCUT2D eigenvalue weighted by atomic mass is 79.9. The van der Waals surface area contributed by atoms with Crippen molar-refractivity contribution >= 4 is 73.8 Å². The van der Waals surface area contributed by atoms with Gasteiger partial charge in [0.05, 0.1) is 22.2 Å². The maximum Gasteiger partial charge on any atom is 0.298 e.